The molecule has 1 fully saturated rings. The van der Waals surface area contributed by atoms with Gasteiger partial charge in [0, 0.05) is 18.4 Å². The van der Waals surface area contributed by atoms with E-state index >= 15 is 0 Å². The molecule has 1 aliphatic rings. The average molecular weight is 338 g/mol. The van der Waals surface area contributed by atoms with E-state index in [4.69, 9.17) is 9.40 Å². The number of rotatable bonds is 4. The normalized spacial score (nSPS) is 17.7. The second-order valence-electron chi connectivity index (χ2n) is 6.56. The zero-order valence-corrected chi connectivity index (χ0v) is 14.5. The fourth-order valence-corrected chi connectivity index (χ4v) is 3.37. The number of H-pyrrole nitrogens is 1. The largest absolute Gasteiger partial charge is 0.424 e. The van der Waals surface area contributed by atoms with Gasteiger partial charge in [-0.3, -0.25) is 10.00 Å². The Morgan fingerprint density at radius 1 is 1.16 bits per heavy atom. The lowest BCUT2D eigenvalue weighted by Gasteiger charge is -2.33. The second-order valence-corrected chi connectivity index (χ2v) is 6.56. The van der Waals surface area contributed by atoms with Crippen molar-refractivity contribution < 1.29 is 4.42 Å². The molecule has 2 aromatic heterocycles. The summed E-state index contributed by atoms with van der Waals surface area (Å²) < 4.78 is 5.57. The van der Waals surface area contributed by atoms with Gasteiger partial charge in [0.15, 0.2) is 5.82 Å². The molecule has 130 valence electrons. The van der Waals surface area contributed by atoms with Gasteiger partial charge in [0.2, 0.25) is 11.8 Å². The van der Waals surface area contributed by atoms with Crippen LogP contribution in [0, 0.1) is 6.92 Å². The van der Waals surface area contributed by atoms with Gasteiger partial charge < -0.3 is 4.42 Å². The summed E-state index contributed by atoms with van der Waals surface area (Å²) in [5.41, 5.74) is 1.04. The van der Waals surface area contributed by atoms with Gasteiger partial charge in [-0.05, 0) is 32.9 Å². The van der Waals surface area contributed by atoms with Crippen molar-refractivity contribution in [3.63, 3.8) is 0 Å². The molecule has 1 aliphatic heterocycles. The number of aromatic nitrogens is 5. The molecular formula is C18H22N6O. The number of likely N-dealkylation sites (tertiary alicyclic amines) is 1. The van der Waals surface area contributed by atoms with Gasteiger partial charge in [0.05, 0.1) is 6.04 Å². The molecule has 7 heteroatoms. The highest BCUT2D eigenvalue weighted by Crippen LogP contribution is 2.31. The van der Waals surface area contributed by atoms with E-state index in [0.29, 0.717) is 17.7 Å². The number of benzene rings is 1. The van der Waals surface area contributed by atoms with E-state index in [1.807, 2.05) is 37.3 Å². The predicted octanol–water partition coefficient (Wildman–Crippen LogP) is 3.10. The molecule has 1 saturated heterocycles. The second kappa shape index (κ2) is 6.76. The van der Waals surface area contributed by atoms with E-state index < -0.39 is 0 Å². The van der Waals surface area contributed by atoms with Crippen molar-refractivity contribution in [1.82, 2.24) is 30.3 Å². The summed E-state index contributed by atoms with van der Waals surface area (Å²) in [5, 5.41) is 15.6. The summed E-state index contributed by atoms with van der Waals surface area (Å²) in [6.07, 6.45) is 2.09. The summed E-state index contributed by atoms with van der Waals surface area (Å²) in [6, 6.07) is 10.2. The number of hydrogen-bond donors (Lipinski definition) is 1. The first-order valence-electron chi connectivity index (χ1n) is 8.72. The molecule has 1 N–H and O–H groups in total. The molecule has 0 radical (unpaired) electrons. The van der Waals surface area contributed by atoms with Gasteiger partial charge in [0.1, 0.15) is 5.82 Å². The van der Waals surface area contributed by atoms with Crippen molar-refractivity contribution in [2.75, 3.05) is 13.1 Å². The van der Waals surface area contributed by atoms with Crippen molar-refractivity contribution in [1.29, 1.82) is 0 Å². The van der Waals surface area contributed by atoms with Crippen molar-refractivity contribution >= 4 is 0 Å². The first-order chi connectivity index (χ1) is 12.2. The summed E-state index contributed by atoms with van der Waals surface area (Å²) in [6.45, 7) is 5.90. The minimum absolute atomic E-state index is 0.150. The molecule has 0 amide bonds. The number of aryl methyl sites for hydroxylation is 1. The Morgan fingerprint density at radius 2 is 1.92 bits per heavy atom. The van der Waals surface area contributed by atoms with E-state index in [0.717, 1.165) is 43.1 Å². The first kappa shape index (κ1) is 16.0. The Hall–Kier alpha value is -2.54. The number of piperidine rings is 1. The van der Waals surface area contributed by atoms with Crippen molar-refractivity contribution in [3.05, 3.63) is 47.9 Å². The van der Waals surface area contributed by atoms with E-state index in [-0.39, 0.29) is 6.04 Å². The minimum atomic E-state index is 0.150. The van der Waals surface area contributed by atoms with E-state index in [2.05, 4.69) is 32.2 Å². The molecule has 1 unspecified atom stereocenters. The van der Waals surface area contributed by atoms with Crippen LogP contribution in [0.2, 0.25) is 0 Å². The Kier molecular flexibility index (Phi) is 4.31. The van der Waals surface area contributed by atoms with Crippen molar-refractivity contribution in [2.45, 2.75) is 38.6 Å². The summed E-state index contributed by atoms with van der Waals surface area (Å²) in [4.78, 5) is 7.10. The van der Waals surface area contributed by atoms with E-state index in [1.54, 1.807) is 0 Å². The molecule has 0 aliphatic carbocycles. The molecule has 0 spiro atoms. The predicted molar refractivity (Wildman–Crippen MR) is 92.8 cm³/mol. The Morgan fingerprint density at radius 3 is 2.60 bits per heavy atom. The van der Waals surface area contributed by atoms with Crippen LogP contribution in [0.5, 0.6) is 0 Å². The van der Waals surface area contributed by atoms with Gasteiger partial charge in [-0.1, -0.05) is 30.3 Å². The lowest BCUT2D eigenvalue weighted by atomic mass is 9.95. The molecule has 0 saturated carbocycles. The highest BCUT2D eigenvalue weighted by Gasteiger charge is 2.28. The van der Waals surface area contributed by atoms with Crippen LogP contribution in [-0.4, -0.2) is 43.4 Å². The van der Waals surface area contributed by atoms with Gasteiger partial charge in [0.25, 0.3) is 0 Å². The van der Waals surface area contributed by atoms with Crippen LogP contribution in [0.3, 0.4) is 0 Å². The number of hydrogen-bond acceptors (Lipinski definition) is 6. The van der Waals surface area contributed by atoms with Crippen LogP contribution in [0.1, 0.15) is 49.3 Å². The van der Waals surface area contributed by atoms with Crippen LogP contribution >= 0.6 is 0 Å². The average Bonchev–Trinajstić information content (AvgIpc) is 3.31. The zero-order chi connectivity index (χ0) is 17.2. The van der Waals surface area contributed by atoms with Crippen molar-refractivity contribution in [3.8, 4) is 11.4 Å². The third kappa shape index (κ3) is 3.32. The maximum absolute atomic E-state index is 5.57. The molecule has 1 aromatic carbocycles. The van der Waals surface area contributed by atoms with Gasteiger partial charge in [-0.15, -0.1) is 10.2 Å². The van der Waals surface area contributed by atoms with E-state index in [9.17, 15) is 0 Å². The molecule has 7 nitrogen and oxygen atoms in total. The maximum atomic E-state index is 5.57. The Bertz CT molecular complexity index is 819. The smallest absolute Gasteiger partial charge is 0.233 e. The fraction of sp³-hybridized carbons (Fsp3) is 0.444. The first-order valence-corrected chi connectivity index (χ1v) is 8.72. The summed E-state index contributed by atoms with van der Waals surface area (Å²) in [7, 11) is 0. The minimum Gasteiger partial charge on any atom is -0.424 e. The highest BCUT2D eigenvalue weighted by atomic mass is 16.4. The Labute approximate surface area is 146 Å². The molecule has 4 rings (SSSR count). The third-order valence-corrected chi connectivity index (χ3v) is 4.90. The Balaban J connectivity index is 1.40. The van der Waals surface area contributed by atoms with Gasteiger partial charge in [-0.2, -0.15) is 5.10 Å². The monoisotopic (exact) mass is 338 g/mol. The zero-order valence-electron chi connectivity index (χ0n) is 14.5. The fourth-order valence-electron chi connectivity index (χ4n) is 3.37. The molecule has 1 atom stereocenters. The van der Waals surface area contributed by atoms with E-state index in [1.165, 1.54) is 0 Å². The summed E-state index contributed by atoms with van der Waals surface area (Å²) in [5.74, 6) is 3.49. The number of aromatic amines is 1. The molecular weight excluding hydrogens is 316 g/mol. The number of nitrogens with one attached hydrogen (secondary N) is 1. The van der Waals surface area contributed by atoms with Crippen LogP contribution in [0.4, 0.5) is 0 Å². The molecule has 0 bridgehead atoms. The van der Waals surface area contributed by atoms with Gasteiger partial charge >= 0.3 is 0 Å². The lowest BCUT2D eigenvalue weighted by molar-refractivity contribution is 0.140. The highest BCUT2D eigenvalue weighted by molar-refractivity contribution is 5.53. The van der Waals surface area contributed by atoms with Crippen LogP contribution < -0.4 is 0 Å². The molecule has 3 heterocycles. The third-order valence-electron chi connectivity index (χ3n) is 4.90. The maximum Gasteiger partial charge on any atom is 0.233 e. The topological polar surface area (TPSA) is 83.7 Å². The SMILES string of the molecule is Cc1nnc(C(C)N2CCC(c3nc(-c4ccccc4)n[nH]3)CC2)o1. The van der Waals surface area contributed by atoms with Crippen LogP contribution in [0.25, 0.3) is 11.4 Å². The quantitative estimate of drug-likeness (QED) is 0.787. The number of nitrogens with zero attached hydrogens (tertiary/aromatic N) is 5. The van der Waals surface area contributed by atoms with Gasteiger partial charge in [-0.25, -0.2) is 4.98 Å². The molecule has 3 aromatic rings. The molecule has 25 heavy (non-hydrogen) atoms. The lowest BCUT2D eigenvalue weighted by Crippen LogP contribution is -2.35. The van der Waals surface area contributed by atoms with Crippen molar-refractivity contribution in [2.24, 2.45) is 0 Å². The van der Waals surface area contributed by atoms with Crippen LogP contribution in [-0.2, 0) is 0 Å². The summed E-state index contributed by atoms with van der Waals surface area (Å²) >= 11 is 0. The standard InChI is InChI=1S/C18H22N6O/c1-12(18-23-20-13(2)25-18)24-10-8-15(9-11-24)17-19-16(21-22-17)14-6-4-3-5-7-14/h3-7,12,15H,8-11H2,1-2H3,(H,19,21,22). The van der Waals surface area contributed by atoms with Crippen LogP contribution in [0.15, 0.2) is 34.7 Å².